The normalized spacial score (nSPS) is 14.8. The van der Waals surface area contributed by atoms with Crippen LogP contribution < -0.4 is 10.9 Å². The van der Waals surface area contributed by atoms with Crippen molar-refractivity contribution in [3.63, 3.8) is 0 Å². The summed E-state index contributed by atoms with van der Waals surface area (Å²) >= 11 is 3.39. The number of halogens is 2. The Kier molecular flexibility index (Phi) is 5.71. The molecule has 1 fully saturated rings. The van der Waals surface area contributed by atoms with E-state index in [1.54, 1.807) is 12.3 Å². The molecule has 1 aliphatic carbocycles. The van der Waals surface area contributed by atoms with Crippen LogP contribution in [0.4, 0.5) is 4.39 Å². The molecule has 4 rings (SSSR count). The molecule has 8 heteroatoms. The van der Waals surface area contributed by atoms with Crippen molar-refractivity contribution in [2.45, 2.75) is 44.7 Å². The molecule has 0 aromatic carbocycles. The molecule has 0 atom stereocenters. The summed E-state index contributed by atoms with van der Waals surface area (Å²) in [5, 5.41) is 3.67. The molecule has 1 N–H and O–H groups in total. The lowest BCUT2D eigenvalue weighted by atomic mass is 9.95. The van der Waals surface area contributed by atoms with E-state index in [1.165, 1.54) is 23.1 Å². The van der Waals surface area contributed by atoms with Gasteiger partial charge in [0.25, 0.3) is 11.5 Å². The zero-order chi connectivity index (χ0) is 20.4. The lowest BCUT2D eigenvalue weighted by Crippen LogP contribution is -2.40. The zero-order valence-electron chi connectivity index (χ0n) is 15.7. The molecule has 0 spiro atoms. The lowest BCUT2D eigenvalue weighted by Gasteiger charge is -2.23. The van der Waals surface area contributed by atoms with E-state index < -0.39 is 11.4 Å². The van der Waals surface area contributed by atoms with Gasteiger partial charge >= 0.3 is 0 Å². The fourth-order valence-corrected chi connectivity index (χ4v) is 4.07. The highest BCUT2D eigenvalue weighted by atomic mass is 79.9. The Morgan fingerprint density at radius 2 is 1.97 bits per heavy atom. The second-order valence-electron chi connectivity index (χ2n) is 7.29. The molecule has 150 valence electrons. The summed E-state index contributed by atoms with van der Waals surface area (Å²) in [5.41, 5.74) is 0.583. The average Bonchev–Trinajstić information content (AvgIpc) is 2.72. The molecular formula is C21H20BrFN4O2. The van der Waals surface area contributed by atoms with Crippen molar-refractivity contribution in [2.75, 3.05) is 0 Å². The molecule has 1 saturated carbocycles. The van der Waals surface area contributed by atoms with E-state index in [2.05, 4.69) is 31.2 Å². The van der Waals surface area contributed by atoms with Crippen molar-refractivity contribution >= 4 is 32.9 Å². The molecule has 1 amide bonds. The summed E-state index contributed by atoms with van der Waals surface area (Å²) in [7, 11) is 0. The third-order valence-electron chi connectivity index (χ3n) is 5.19. The number of fused-ring (bicyclic) bond motifs is 1. The molecule has 29 heavy (non-hydrogen) atoms. The van der Waals surface area contributed by atoms with E-state index in [4.69, 9.17) is 0 Å². The second kappa shape index (κ2) is 8.41. The van der Waals surface area contributed by atoms with Gasteiger partial charge in [-0.2, -0.15) is 0 Å². The third kappa shape index (κ3) is 4.37. The van der Waals surface area contributed by atoms with E-state index in [-0.39, 0.29) is 24.1 Å². The van der Waals surface area contributed by atoms with Crippen LogP contribution in [0, 0.1) is 5.82 Å². The van der Waals surface area contributed by atoms with Gasteiger partial charge in [0.05, 0.1) is 18.4 Å². The lowest BCUT2D eigenvalue weighted by molar-refractivity contribution is 0.0926. The highest BCUT2D eigenvalue weighted by Gasteiger charge is 2.21. The molecule has 3 aromatic heterocycles. The predicted molar refractivity (Wildman–Crippen MR) is 111 cm³/mol. The minimum absolute atomic E-state index is 0.0742. The zero-order valence-corrected chi connectivity index (χ0v) is 17.3. The Labute approximate surface area is 175 Å². The van der Waals surface area contributed by atoms with Crippen LogP contribution in [0.25, 0.3) is 11.0 Å². The summed E-state index contributed by atoms with van der Waals surface area (Å²) < 4.78 is 15.4. The van der Waals surface area contributed by atoms with Gasteiger partial charge in [-0.15, -0.1) is 0 Å². The number of rotatable bonds is 4. The fourth-order valence-electron chi connectivity index (χ4n) is 3.72. The molecule has 6 nitrogen and oxygen atoms in total. The molecule has 0 aliphatic heterocycles. The largest absolute Gasteiger partial charge is 0.349 e. The molecule has 0 unspecified atom stereocenters. The van der Waals surface area contributed by atoms with Crippen molar-refractivity contribution < 1.29 is 9.18 Å². The van der Waals surface area contributed by atoms with Gasteiger partial charge in [-0.1, -0.05) is 19.3 Å². The Morgan fingerprint density at radius 1 is 1.17 bits per heavy atom. The smallest absolute Gasteiger partial charge is 0.265 e. The van der Waals surface area contributed by atoms with Gasteiger partial charge in [0.2, 0.25) is 0 Å². The predicted octanol–water partition coefficient (Wildman–Crippen LogP) is 3.80. The van der Waals surface area contributed by atoms with Crippen LogP contribution in [0.3, 0.4) is 0 Å². The van der Waals surface area contributed by atoms with Gasteiger partial charge in [0, 0.05) is 22.1 Å². The topological polar surface area (TPSA) is 76.9 Å². The number of nitrogens with one attached hydrogen (secondary N) is 1. The average molecular weight is 459 g/mol. The Hall–Kier alpha value is -2.61. The fraction of sp³-hybridized carbons (Fsp3) is 0.333. The van der Waals surface area contributed by atoms with Gasteiger partial charge in [0.1, 0.15) is 17.0 Å². The van der Waals surface area contributed by atoms with Crippen molar-refractivity contribution in [3.05, 3.63) is 68.6 Å². The first-order chi connectivity index (χ1) is 14.0. The summed E-state index contributed by atoms with van der Waals surface area (Å²) in [5.74, 6) is -0.821. The molecule has 0 bridgehead atoms. The van der Waals surface area contributed by atoms with Crippen LogP contribution in [0.1, 0.15) is 48.2 Å². The maximum absolute atomic E-state index is 13.2. The summed E-state index contributed by atoms with van der Waals surface area (Å²) in [6.07, 6.45) is 7.91. The number of amides is 1. The van der Waals surface area contributed by atoms with E-state index in [0.717, 1.165) is 36.4 Å². The molecular weight excluding hydrogens is 439 g/mol. The highest BCUT2D eigenvalue weighted by Crippen LogP contribution is 2.20. The van der Waals surface area contributed by atoms with Crippen LogP contribution in [0.5, 0.6) is 0 Å². The number of hydrogen-bond donors (Lipinski definition) is 1. The van der Waals surface area contributed by atoms with Gasteiger partial charge in [-0.3, -0.25) is 19.1 Å². The Balaban J connectivity index is 1.76. The van der Waals surface area contributed by atoms with Crippen molar-refractivity contribution in [1.82, 2.24) is 19.9 Å². The summed E-state index contributed by atoms with van der Waals surface area (Å²) in [4.78, 5) is 34.4. The second-order valence-corrected chi connectivity index (χ2v) is 8.21. The van der Waals surface area contributed by atoms with E-state index in [9.17, 15) is 14.0 Å². The van der Waals surface area contributed by atoms with Crippen molar-refractivity contribution in [1.29, 1.82) is 0 Å². The monoisotopic (exact) mass is 458 g/mol. The first kappa shape index (κ1) is 19.7. The minimum Gasteiger partial charge on any atom is -0.349 e. The van der Waals surface area contributed by atoms with Gasteiger partial charge in [0.15, 0.2) is 0 Å². The van der Waals surface area contributed by atoms with Crippen molar-refractivity contribution in [2.24, 2.45) is 0 Å². The molecule has 1 aliphatic rings. The summed E-state index contributed by atoms with van der Waals surface area (Å²) in [6, 6.07) is 6.30. The van der Waals surface area contributed by atoms with E-state index in [1.807, 2.05) is 6.07 Å². The van der Waals surface area contributed by atoms with Crippen LogP contribution in [-0.4, -0.2) is 26.5 Å². The van der Waals surface area contributed by atoms with Gasteiger partial charge < -0.3 is 5.32 Å². The molecule has 0 radical (unpaired) electrons. The summed E-state index contributed by atoms with van der Waals surface area (Å²) in [6.45, 7) is 0.0921. The first-order valence-electron chi connectivity index (χ1n) is 9.61. The SMILES string of the molecule is O=C(NC1CCCCC1)c1cc2cc(Br)cnc2n(Cc2ccc(F)cn2)c1=O. The molecule has 0 saturated heterocycles. The van der Waals surface area contributed by atoms with Crippen LogP contribution in [0.2, 0.25) is 0 Å². The maximum atomic E-state index is 13.2. The molecule has 3 heterocycles. The number of hydrogen-bond acceptors (Lipinski definition) is 4. The number of aromatic nitrogens is 3. The standard InChI is InChI=1S/C21H20BrFN4O2/c22-14-8-13-9-18(20(28)26-16-4-2-1-3-5-16)21(29)27(19(13)25-10-14)12-17-7-6-15(23)11-24-17/h6-11,16H,1-5,12H2,(H,26,28). The first-order valence-corrected chi connectivity index (χ1v) is 10.4. The minimum atomic E-state index is -0.450. The van der Waals surface area contributed by atoms with Crippen LogP contribution >= 0.6 is 15.9 Å². The van der Waals surface area contributed by atoms with Crippen LogP contribution in [-0.2, 0) is 6.54 Å². The Morgan fingerprint density at radius 3 is 2.69 bits per heavy atom. The number of nitrogens with zero attached hydrogens (tertiary/aromatic N) is 3. The molecule has 3 aromatic rings. The number of carbonyl (C=O) groups excluding carboxylic acids is 1. The quantitative estimate of drug-likeness (QED) is 0.644. The van der Waals surface area contributed by atoms with Crippen molar-refractivity contribution in [3.8, 4) is 0 Å². The van der Waals surface area contributed by atoms with E-state index in [0.29, 0.717) is 16.7 Å². The third-order valence-corrected chi connectivity index (χ3v) is 5.62. The van der Waals surface area contributed by atoms with E-state index >= 15 is 0 Å². The van der Waals surface area contributed by atoms with Crippen LogP contribution in [0.15, 0.2) is 45.9 Å². The number of pyridine rings is 3. The van der Waals surface area contributed by atoms with Gasteiger partial charge in [-0.25, -0.2) is 9.37 Å². The van der Waals surface area contributed by atoms with Gasteiger partial charge in [-0.05, 0) is 53.0 Å². The maximum Gasteiger partial charge on any atom is 0.265 e. The highest BCUT2D eigenvalue weighted by molar-refractivity contribution is 9.10. The Bertz CT molecular complexity index is 1110. The number of carbonyl (C=O) groups is 1.